The second kappa shape index (κ2) is 13.9. The molecule has 0 spiro atoms. The molecule has 1 aliphatic rings. The summed E-state index contributed by atoms with van der Waals surface area (Å²) in [4.78, 5) is 44.8. The van der Waals surface area contributed by atoms with Gasteiger partial charge in [-0.05, 0) is 44.2 Å². The number of nitrogens with one attached hydrogen (secondary N) is 2. The van der Waals surface area contributed by atoms with Gasteiger partial charge in [0, 0.05) is 18.0 Å². The van der Waals surface area contributed by atoms with Gasteiger partial charge in [-0.25, -0.2) is 4.98 Å². The van der Waals surface area contributed by atoms with Crippen molar-refractivity contribution in [2.24, 2.45) is 5.73 Å². The van der Waals surface area contributed by atoms with Crippen LogP contribution in [0.25, 0.3) is 0 Å². The van der Waals surface area contributed by atoms with Crippen LogP contribution >= 0.6 is 11.3 Å². The molecule has 34 heavy (non-hydrogen) atoms. The van der Waals surface area contributed by atoms with Gasteiger partial charge in [0.25, 0.3) is 0 Å². The maximum atomic E-state index is 13.1. The van der Waals surface area contributed by atoms with Crippen molar-refractivity contribution < 1.29 is 14.4 Å². The van der Waals surface area contributed by atoms with Gasteiger partial charge in [0.15, 0.2) is 0 Å². The fourth-order valence-corrected chi connectivity index (χ4v) is 4.86. The highest BCUT2D eigenvalue weighted by molar-refractivity contribution is 7.07. The van der Waals surface area contributed by atoms with Crippen LogP contribution in [0, 0.1) is 0 Å². The zero-order chi connectivity index (χ0) is 24.2. The third-order valence-corrected chi connectivity index (χ3v) is 6.72. The largest absolute Gasteiger partial charge is 0.344 e. The number of carbonyl (C=O) groups excluding carboxylic acids is 3. The highest BCUT2D eigenvalue weighted by Gasteiger charge is 2.30. The second-order valence-corrected chi connectivity index (χ2v) is 9.41. The van der Waals surface area contributed by atoms with Gasteiger partial charge in [0.1, 0.15) is 5.69 Å². The Kier molecular flexibility index (Phi) is 10.7. The van der Waals surface area contributed by atoms with Crippen LogP contribution < -0.4 is 16.4 Å². The molecule has 1 aromatic heterocycles. The number of ketones is 1. The number of nitrogens with two attached hydrogens (primary N) is 1. The normalized spacial score (nSPS) is 14.6. The predicted molar refractivity (Wildman–Crippen MR) is 133 cm³/mol. The van der Waals surface area contributed by atoms with Gasteiger partial charge in [-0.15, -0.1) is 11.3 Å². The van der Waals surface area contributed by atoms with E-state index in [0.717, 1.165) is 44.1 Å². The van der Waals surface area contributed by atoms with E-state index in [-0.39, 0.29) is 36.7 Å². The molecule has 1 saturated carbocycles. The van der Waals surface area contributed by atoms with Crippen LogP contribution in [0.2, 0.25) is 0 Å². The van der Waals surface area contributed by atoms with Crippen LogP contribution in [0.4, 0.5) is 0 Å². The van der Waals surface area contributed by atoms with Crippen molar-refractivity contribution in [3.8, 4) is 0 Å². The first-order valence-corrected chi connectivity index (χ1v) is 13.0. The number of thiazole rings is 1. The van der Waals surface area contributed by atoms with E-state index in [4.69, 9.17) is 5.73 Å². The van der Waals surface area contributed by atoms with E-state index in [0.29, 0.717) is 25.2 Å². The standard InChI is InChI=1S/C25H35N5O3S/c26-13-7-6-12-21(25(33)22-17-34-18-28-22)29-23(31)16-30(20-10-4-5-11-20)24(32)15-27-14-19-8-2-1-3-9-19/h1-3,8-9,17-18,20-21,27H,4-7,10-16,26H2,(H,29,31)/t21-/m0/s1. The quantitative estimate of drug-likeness (QED) is 0.280. The van der Waals surface area contributed by atoms with Crippen molar-refractivity contribution in [3.63, 3.8) is 0 Å². The van der Waals surface area contributed by atoms with Crippen molar-refractivity contribution in [3.05, 3.63) is 52.5 Å². The van der Waals surface area contributed by atoms with E-state index in [2.05, 4.69) is 15.6 Å². The molecule has 3 rings (SSSR count). The highest BCUT2D eigenvalue weighted by atomic mass is 32.1. The monoisotopic (exact) mass is 485 g/mol. The number of carbonyl (C=O) groups is 3. The molecule has 4 N–H and O–H groups in total. The molecule has 1 aromatic carbocycles. The molecule has 0 bridgehead atoms. The number of benzene rings is 1. The Balaban J connectivity index is 1.59. The fraction of sp³-hybridized carbons (Fsp3) is 0.520. The lowest BCUT2D eigenvalue weighted by Gasteiger charge is -2.29. The zero-order valence-electron chi connectivity index (χ0n) is 19.6. The minimum Gasteiger partial charge on any atom is -0.344 e. The lowest BCUT2D eigenvalue weighted by atomic mass is 10.0. The summed E-state index contributed by atoms with van der Waals surface area (Å²) < 4.78 is 0. The third-order valence-electron chi connectivity index (χ3n) is 6.13. The Morgan fingerprint density at radius 3 is 2.59 bits per heavy atom. The molecular formula is C25H35N5O3S. The Morgan fingerprint density at radius 1 is 1.15 bits per heavy atom. The number of nitrogens with zero attached hydrogens (tertiary/aromatic N) is 2. The molecule has 2 amide bonds. The summed E-state index contributed by atoms with van der Waals surface area (Å²) in [6, 6.07) is 9.28. The Labute approximate surface area is 205 Å². The number of hydrogen-bond donors (Lipinski definition) is 3. The van der Waals surface area contributed by atoms with Crippen LogP contribution in [-0.4, -0.2) is 59.2 Å². The van der Waals surface area contributed by atoms with Crippen LogP contribution in [-0.2, 0) is 16.1 Å². The van der Waals surface area contributed by atoms with Gasteiger partial charge in [0.05, 0.1) is 24.6 Å². The summed E-state index contributed by atoms with van der Waals surface area (Å²) >= 11 is 1.35. The van der Waals surface area contributed by atoms with Crippen LogP contribution in [0.15, 0.2) is 41.2 Å². The number of Topliss-reactive ketones (excluding diaryl/α,β-unsaturated/α-hetero) is 1. The van der Waals surface area contributed by atoms with Gasteiger partial charge in [-0.2, -0.15) is 0 Å². The second-order valence-electron chi connectivity index (χ2n) is 8.69. The summed E-state index contributed by atoms with van der Waals surface area (Å²) in [5, 5.41) is 7.76. The van der Waals surface area contributed by atoms with E-state index in [1.807, 2.05) is 30.3 Å². The molecule has 0 unspecified atom stereocenters. The zero-order valence-corrected chi connectivity index (χ0v) is 20.4. The van der Waals surface area contributed by atoms with E-state index >= 15 is 0 Å². The average Bonchev–Trinajstić information content (AvgIpc) is 3.57. The van der Waals surface area contributed by atoms with Crippen LogP contribution in [0.5, 0.6) is 0 Å². The molecule has 1 heterocycles. The third kappa shape index (κ3) is 8.00. The summed E-state index contributed by atoms with van der Waals surface area (Å²) in [7, 11) is 0. The first-order chi connectivity index (χ1) is 16.6. The maximum Gasteiger partial charge on any atom is 0.240 e. The van der Waals surface area contributed by atoms with E-state index in [1.54, 1.807) is 15.8 Å². The SMILES string of the molecule is NCCCC[C@H](NC(=O)CN(C(=O)CNCc1ccccc1)C1CCCC1)C(=O)c1cscn1. The average molecular weight is 486 g/mol. The fourth-order valence-electron chi connectivity index (χ4n) is 4.32. The number of hydrogen-bond acceptors (Lipinski definition) is 7. The van der Waals surface area contributed by atoms with Crippen LogP contribution in [0.3, 0.4) is 0 Å². The topological polar surface area (TPSA) is 117 Å². The molecule has 1 fully saturated rings. The molecular weight excluding hydrogens is 450 g/mol. The molecule has 1 atom stereocenters. The number of amides is 2. The summed E-state index contributed by atoms with van der Waals surface area (Å²) in [6.07, 6.45) is 5.90. The molecule has 184 valence electrons. The van der Waals surface area contributed by atoms with Crippen molar-refractivity contribution in [2.45, 2.75) is 63.6 Å². The van der Waals surface area contributed by atoms with Gasteiger partial charge < -0.3 is 21.3 Å². The van der Waals surface area contributed by atoms with Crippen molar-refractivity contribution in [1.29, 1.82) is 0 Å². The van der Waals surface area contributed by atoms with Gasteiger partial charge in [-0.1, -0.05) is 43.2 Å². The molecule has 0 radical (unpaired) electrons. The Hall–Kier alpha value is -2.62. The Morgan fingerprint density at radius 2 is 1.91 bits per heavy atom. The number of rotatable bonds is 14. The van der Waals surface area contributed by atoms with Crippen LogP contribution in [0.1, 0.15) is 61.0 Å². The molecule has 2 aromatic rings. The molecule has 0 aliphatic heterocycles. The number of unbranched alkanes of at least 4 members (excludes halogenated alkanes) is 1. The van der Waals surface area contributed by atoms with Gasteiger partial charge in [-0.3, -0.25) is 14.4 Å². The minimum atomic E-state index is -0.669. The molecule has 9 heteroatoms. The minimum absolute atomic E-state index is 0.0474. The smallest absolute Gasteiger partial charge is 0.240 e. The van der Waals surface area contributed by atoms with E-state index in [9.17, 15) is 14.4 Å². The predicted octanol–water partition coefficient (Wildman–Crippen LogP) is 2.50. The molecule has 8 nitrogen and oxygen atoms in total. The number of aromatic nitrogens is 1. The van der Waals surface area contributed by atoms with Crippen molar-refractivity contribution in [1.82, 2.24) is 20.5 Å². The van der Waals surface area contributed by atoms with Crippen molar-refractivity contribution >= 4 is 28.9 Å². The van der Waals surface area contributed by atoms with E-state index in [1.165, 1.54) is 11.3 Å². The molecule has 1 aliphatic carbocycles. The lowest BCUT2D eigenvalue weighted by Crippen LogP contribution is -2.51. The highest BCUT2D eigenvalue weighted by Crippen LogP contribution is 2.23. The summed E-state index contributed by atoms with van der Waals surface area (Å²) in [5.41, 5.74) is 8.66. The first kappa shape index (κ1) is 26.0. The van der Waals surface area contributed by atoms with Gasteiger partial charge >= 0.3 is 0 Å². The molecule has 0 saturated heterocycles. The summed E-state index contributed by atoms with van der Waals surface area (Å²) in [5.74, 6) is -0.608. The van der Waals surface area contributed by atoms with Gasteiger partial charge in [0.2, 0.25) is 17.6 Å². The Bertz CT molecular complexity index is 901. The summed E-state index contributed by atoms with van der Waals surface area (Å²) in [6.45, 7) is 1.23. The van der Waals surface area contributed by atoms with E-state index < -0.39 is 6.04 Å². The van der Waals surface area contributed by atoms with Crippen molar-refractivity contribution in [2.75, 3.05) is 19.6 Å². The first-order valence-electron chi connectivity index (χ1n) is 12.0. The maximum absolute atomic E-state index is 13.1. The lowest BCUT2D eigenvalue weighted by molar-refractivity contribution is -0.137.